The first-order valence-electron chi connectivity index (χ1n) is 5.22. The van der Waals surface area contributed by atoms with Crippen LogP contribution in [0.3, 0.4) is 0 Å². The Morgan fingerprint density at radius 3 is 3.12 bits per heavy atom. The Morgan fingerprint density at radius 1 is 1.50 bits per heavy atom. The average Bonchev–Trinajstić information content (AvgIpc) is 2.30. The molecule has 1 aliphatic carbocycles. The summed E-state index contributed by atoms with van der Waals surface area (Å²) in [6, 6.07) is 3.34. The van der Waals surface area contributed by atoms with E-state index in [4.69, 9.17) is 0 Å². The van der Waals surface area contributed by atoms with Gasteiger partial charge in [-0.2, -0.15) is 0 Å². The van der Waals surface area contributed by atoms with Gasteiger partial charge in [0.15, 0.2) is 11.5 Å². The molecule has 0 radical (unpaired) electrons. The third-order valence-electron chi connectivity index (χ3n) is 2.45. The molecule has 1 aromatic heterocycles. The smallest absolute Gasteiger partial charge is 0.159 e. The predicted molar refractivity (Wildman–Crippen MR) is 64.4 cm³/mol. The fourth-order valence-corrected chi connectivity index (χ4v) is 1.68. The van der Waals surface area contributed by atoms with E-state index in [0.717, 1.165) is 18.5 Å². The summed E-state index contributed by atoms with van der Waals surface area (Å²) in [7, 11) is 0. The van der Waals surface area contributed by atoms with Gasteiger partial charge >= 0.3 is 0 Å². The Hall–Kier alpha value is -1.97. The largest absolute Gasteiger partial charge is 0.342 e. The van der Waals surface area contributed by atoms with Crippen molar-refractivity contribution in [3.63, 3.8) is 0 Å². The lowest BCUT2D eigenvalue weighted by molar-refractivity contribution is 0.946. The van der Waals surface area contributed by atoms with Crippen molar-refractivity contribution >= 4 is 11.5 Å². The molecule has 1 heterocycles. The highest BCUT2D eigenvalue weighted by Gasteiger charge is 2.07. The van der Waals surface area contributed by atoms with Gasteiger partial charge in [-0.25, -0.2) is 4.98 Å². The number of allylic oxidation sites excluding steroid dienone is 4. The van der Waals surface area contributed by atoms with Crippen molar-refractivity contribution in [3.05, 3.63) is 46.7 Å². The van der Waals surface area contributed by atoms with E-state index in [1.807, 2.05) is 0 Å². The van der Waals surface area contributed by atoms with Crippen LogP contribution in [0.2, 0.25) is 0 Å². The van der Waals surface area contributed by atoms with Gasteiger partial charge < -0.3 is 5.32 Å². The SMILES string of the molecule is CC1=CCCC(Nc2ncccc2N=O)=C1. The normalized spacial score (nSPS) is 15.1. The molecule has 16 heavy (non-hydrogen) atoms. The van der Waals surface area contributed by atoms with Gasteiger partial charge in [0.2, 0.25) is 0 Å². The minimum Gasteiger partial charge on any atom is -0.342 e. The van der Waals surface area contributed by atoms with Crippen molar-refractivity contribution in [2.45, 2.75) is 19.8 Å². The summed E-state index contributed by atoms with van der Waals surface area (Å²) in [5, 5.41) is 6.08. The van der Waals surface area contributed by atoms with Crippen molar-refractivity contribution in [2.75, 3.05) is 5.32 Å². The Labute approximate surface area is 94.1 Å². The van der Waals surface area contributed by atoms with Gasteiger partial charge in [-0.15, -0.1) is 4.91 Å². The molecule has 82 valence electrons. The van der Waals surface area contributed by atoms with E-state index >= 15 is 0 Å². The van der Waals surface area contributed by atoms with Crippen molar-refractivity contribution in [1.29, 1.82) is 0 Å². The van der Waals surface area contributed by atoms with E-state index in [0.29, 0.717) is 11.5 Å². The molecular formula is C12H13N3O. The number of nitroso groups, excluding NO2 is 1. The second-order valence-electron chi connectivity index (χ2n) is 3.74. The summed E-state index contributed by atoms with van der Waals surface area (Å²) in [6.07, 6.45) is 7.84. The van der Waals surface area contributed by atoms with Crippen LogP contribution in [-0.4, -0.2) is 4.98 Å². The van der Waals surface area contributed by atoms with E-state index in [-0.39, 0.29) is 0 Å². The van der Waals surface area contributed by atoms with E-state index in [2.05, 4.69) is 34.6 Å². The van der Waals surface area contributed by atoms with Crippen molar-refractivity contribution in [2.24, 2.45) is 5.18 Å². The lowest BCUT2D eigenvalue weighted by Gasteiger charge is -2.14. The van der Waals surface area contributed by atoms with Gasteiger partial charge in [-0.1, -0.05) is 11.6 Å². The molecule has 0 atom stereocenters. The molecule has 1 N–H and O–H groups in total. The van der Waals surface area contributed by atoms with Crippen LogP contribution < -0.4 is 5.32 Å². The third kappa shape index (κ3) is 2.34. The highest BCUT2D eigenvalue weighted by Crippen LogP contribution is 2.25. The number of hydrogen-bond donors (Lipinski definition) is 1. The summed E-state index contributed by atoms with van der Waals surface area (Å²) in [4.78, 5) is 14.7. The maximum atomic E-state index is 10.6. The summed E-state index contributed by atoms with van der Waals surface area (Å²) in [6.45, 7) is 2.05. The second kappa shape index (κ2) is 4.70. The molecule has 4 heteroatoms. The number of hydrogen-bond acceptors (Lipinski definition) is 4. The zero-order valence-electron chi connectivity index (χ0n) is 9.10. The topological polar surface area (TPSA) is 54.4 Å². The summed E-state index contributed by atoms with van der Waals surface area (Å²) >= 11 is 0. The van der Waals surface area contributed by atoms with Gasteiger partial charge in [-0.05, 0) is 43.2 Å². The minimum absolute atomic E-state index is 0.343. The maximum Gasteiger partial charge on any atom is 0.159 e. The van der Waals surface area contributed by atoms with E-state index < -0.39 is 0 Å². The Kier molecular flexibility index (Phi) is 3.10. The standard InChI is InChI=1S/C12H13N3O/c1-9-4-2-5-10(8-9)14-12-11(15-16)6-3-7-13-12/h3-4,6-8H,2,5H2,1H3,(H,13,14). The Morgan fingerprint density at radius 2 is 2.38 bits per heavy atom. The van der Waals surface area contributed by atoms with Crippen LogP contribution in [0.5, 0.6) is 0 Å². The van der Waals surface area contributed by atoms with Gasteiger partial charge in [0.1, 0.15) is 0 Å². The first-order valence-corrected chi connectivity index (χ1v) is 5.22. The average molecular weight is 215 g/mol. The fraction of sp³-hybridized carbons (Fsp3) is 0.250. The van der Waals surface area contributed by atoms with Gasteiger partial charge in [0.05, 0.1) is 0 Å². The maximum absolute atomic E-state index is 10.6. The Balaban J connectivity index is 2.21. The molecule has 2 rings (SSSR count). The minimum atomic E-state index is 0.343. The van der Waals surface area contributed by atoms with Crippen LogP contribution in [-0.2, 0) is 0 Å². The number of aromatic nitrogens is 1. The lowest BCUT2D eigenvalue weighted by atomic mass is 10.1. The number of nitrogens with zero attached hydrogens (tertiary/aromatic N) is 2. The molecule has 0 unspecified atom stereocenters. The highest BCUT2D eigenvalue weighted by molar-refractivity contribution is 5.62. The number of anilines is 1. The summed E-state index contributed by atoms with van der Waals surface area (Å²) < 4.78 is 0. The predicted octanol–water partition coefficient (Wildman–Crippen LogP) is 3.52. The molecular weight excluding hydrogens is 202 g/mol. The van der Waals surface area contributed by atoms with Crippen LogP contribution >= 0.6 is 0 Å². The molecule has 0 bridgehead atoms. The summed E-state index contributed by atoms with van der Waals surface area (Å²) in [5.41, 5.74) is 2.64. The van der Waals surface area contributed by atoms with Crippen LogP contribution in [0.4, 0.5) is 11.5 Å². The van der Waals surface area contributed by atoms with E-state index in [1.54, 1.807) is 18.3 Å². The molecule has 0 saturated heterocycles. The quantitative estimate of drug-likeness (QED) is 0.785. The van der Waals surface area contributed by atoms with Crippen LogP contribution in [0, 0.1) is 4.91 Å². The third-order valence-corrected chi connectivity index (χ3v) is 2.45. The molecule has 0 aliphatic heterocycles. The zero-order valence-corrected chi connectivity index (χ0v) is 9.10. The van der Waals surface area contributed by atoms with E-state index in [9.17, 15) is 4.91 Å². The first kappa shape index (κ1) is 10.5. The van der Waals surface area contributed by atoms with Crippen molar-refractivity contribution in [1.82, 2.24) is 4.98 Å². The van der Waals surface area contributed by atoms with Gasteiger partial charge in [-0.3, -0.25) is 0 Å². The summed E-state index contributed by atoms with van der Waals surface area (Å²) in [5.74, 6) is 0.526. The molecule has 1 aliphatic rings. The van der Waals surface area contributed by atoms with Gasteiger partial charge in [0, 0.05) is 11.9 Å². The molecule has 0 spiro atoms. The second-order valence-corrected chi connectivity index (χ2v) is 3.74. The van der Waals surface area contributed by atoms with Crippen LogP contribution in [0.15, 0.2) is 46.9 Å². The van der Waals surface area contributed by atoms with Crippen LogP contribution in [0.1, 0.15) is 19.8 Å². The van der Waals surface area contributed by atoms with E-state index in [1.165, 1.54) is 5.57 Å². The molecule has 0 amide bonds. The van der Waals surface area contributed by atoms with Gasteiger partial charge in [0.25, 0.3) is 0 Å². The van der Waals surface area contributed by atoms with Crippen molar-refractivity contribution in [3.8, 4) is 0 Å². The molecule has 1 aromatic rings. The molecule has 0 aromatic carbocycles. The lowest BCUT2D eigenvalue weighted by Crippen LogP contribution is -2.04. The number of pyridine rings is 1. The molecule has 0 fully saturated rings. The highest BCUT2D eigenvalue weighted by atomic mass is 16.3. The first-order chi connectivity index (χ1) is 7.79. The number of nitrogens with one attached hydrogen (secondary N) is 1. The van der Waals surface area contributed by atoms with Crippen molar-refractivity contribution < 1.29 is 0 Å². The van der Waals surface area contributed by atoms with Crippen LogP contribution in [0.25, 0.3) is 0 Å². The fourth-order valence-electron chi connectivity index (χ4n) is 1.68. The zero-order chi connectivity index (χ0) is 11.4. The molecule has 0 saturated carbocycles. The Bertz CT molecular complexity index is 463. The monoisotopic (exact) mass is 215 g/mol. The number of rotatable bonds is 3. The molecule has 4 nitrogen and oxygen atoms in total.